The molecule has 0 fully saturated rings. The Morgan fingerprint density at radius 2 is 1.96 bits per heavy atom. The zero-order chi connectivity index (χ0) is 18.6. The lowest BCUT2D eigenvalue weighted by molar-refractivity contribution is 0.102. The fraction of sp³-hybridized carbons (Fsp3) is 0.167. The van der Waals surface area contributed by atoms with E-state index in [1.807, 2.05) is 0 Å². The van der Waals surface area contributed by atoms with Gasteiger partial charge in [-0.15, -0.1) is 10.2 Å². The quantitative estimate of drug-likeness (QED) is 0.513. The van der Waals surface area contributed by atoms with Gasteiger partial charge in [-0.25, -0.2) is 4.39 Å². The highest BCUT2D eigenvalue weighted by Crippen LogP contribution is 2.32. The minimum atomic E-state index is -0.311. The van der Waals surface area contributed by atoms with Crippen molar-refractivity contribution in [2.24, 2.45) is 0 Å². The molecule has 0 radical (unpaired) electrons. The number of hydrogen-bond donors (Lipinski definition) is 1. The molecule has 9 heteroatoms. The monoisotopic (exact) mass is 403 g/mol. The maximum absolute atomic E-state index is 13.7. The number of benzene rings is 2. The average Bonchev–Trinajstić information content (AvgIpc) is 3.14. The summed E-state index contributed by atoms with van der Waals surface area (Å²) in [4.78, 5) is 12.4. The van der Waals surface area contributed by atoms with Crippen molar-refractivity contribution in [3.63, 3.8) is 0 Å². The normalized spacial score (nSPS) is 12.6. The molecule has 2 heterocycles. The van der Waals surface area contributed by atoms with E-state index in [0.29, 0.717) is 51.1 Å². The average molecular weight is 403 g/mol. The summed E-state index contributed by atoms with van der Waals surface area (Å²) in [5.41, 5.74) is 1.04. The molecule has 1 aliphatic heterocycles. The number of nitrogens with one attached hydrogen (secondary N) is 1. The summed E-state index contributed by atoms with van der Waals surface area (Å²) in [6.45, 7) is 0.952. The number of halogens is 1. The predicted octanol–water partition coefficient (Wildman–Crippen LogP) is 3.99. The molecule has 0 unspecified atom stereocenters. The van der Waals surface area contributed by atoms with E-state index in [2.05, 4.69) is 15.5 Å². The third-order valence-corrected chi connectivity index (χ3v) is 5.76. The van der Waals surface area contributed by atoms with Crippen LogP contribution in [0.4, 0.5) is 9.52 Å². The van der Waals surface area contributed by atoms with E-state index in [-0.39, 0.29) is 11.7 Å². The van der Waals surface area contributed by atoms with E-state index in [1.54, 1.807) is 36.4 Å². The third kappa shape index (κ3) is 4.20. The summed E-state index contributed by atoms with van der Waals surface area (Å²) in [6.07, 6.45) is 0. The van der Waals surface area contributed by atoms with Crippen LogP contribution in [0.2, 0.25) is 0 Å². The molecule has 4 rings (SSSR count). The Balaban J connectivity index is 1.39. The molecule has 138 valence electrons. The van der Waals surface area contributed by atoms with Crippen molar-refractivity contribution in [1.82, 2.24) is 10.2 Å². The van der Waals surface area contributed by atoms with Crippen LogP contribution in [0.3, 0.4) is 0 Å². The Labute approximate surface area is 162 Å². The standard InChI is InChI=1S/C18H14FN3O3S2/c19-13-4-2-1-3-12(13)10-26-18-22-21-17(27-18)20-16(23)11-5-6-14-15(9-11)25-8-7-24-14/h1-6,9H,7-8,10H2,(H,20,21,23). The maximum atomic E-state index is 13.7. The Bertz CT molecular complexity index is 980. The molecular formula is C18H14FN3O3S2. The van der Waals surface area contributed by atoms with Crippen LogP contribution in [-0.4, -0.2) is 29.3 Å². The molecular weight excluding hydrogens is 389 g/mol. The number of hydrogen-bond acceptors (Lipinski definition) is 7. The van der Waals surface area contributed by atoms with Crippen LogP contribution in [0.5, 0.6) is 11.5 Å². The first-order valence-corrected chi connectivity index (χ1v) is 9.90. The van der Waals surface area contributed by atoms with Crippen molar-refractivity contribution < 1.29 is 18.7 Å². The lowest BCUT2D eigenvalue weighted by atomic mass is 10.2. The molecule has 0 bridgehead atoms. The molecule has 1 aromatic heterocycles. The Hall–Kier alpha value is -2.65. The molecule has 0 atom stereocenters. The second-order valence-electron chi connectivity index (χ2n) is 5.57. The van der Waals surface area contributed by atoms with E-state index in [9.17, 15) is 9.18 Å². The second kappa shape index (κ2) is 7.93. The van der Waals surface area contributed by atoms with Crippen molar-refractivity contribution in [1.29, 1.82) is 0 Å². The lowest BCUT2D eigenvalue weighted by Gasteiger charge is -2.18. The van der Waals surface area contributed by atoms with Gasteiger partial charge >= 0.3 is 0 Å². The number of aromatic nitrogens is 2. The number of fused-ring (bicyclic) bond motifs is 1. The molecule has 0 saturated carbocycles. The number of thioether (sulfide) groups is 1. The third-order valence-electron chi connectivity index (χ3n) is 3.74. The molecule has 1 N–H and O–H groups in total. The predicted molar refractivity (Wildman–Crippen MR) is 101 cm³/mol. The van der Waals surface area contributed by atoms with E-state index >= 15 is 0 Å². The number of rotatable bonds is 5. The van der Waals surface area contributed by atoms with Gasteiger partial charge in [-0.05, 0) is 29.8 Å². The molecule has 1 amide bonds. The Morgan fingerprint density at radius 1 is 1.15 bits per heavy atom. The van der Waals surface area contributed by atoms with Crippen LogP contribution < -0.4 is 14.8 Å². The zero-order valence-corrected chi connectivity index (χ0v) is 15.6. The van der Waals surface area contributed by atoms with Crippen LogP contribution in [-0.2, 0) is 5.75 Å². The fourth-order valence-electron chi connectivity index (χ4n) is 2.43. The molecule has 1 aliphatic rings. The van der Waals surface area contributed by atoms with Gasteiger partial charge in [0.05, 0.1) is 0 Å². The largest absolute Gasteiger partial charge is 0.486 e. The molecule has 6 nitrogen and oxygen atoms in total. The summed E-state index contributed by atoms with van der Waals surface area (Å²) in [6, 6.07) is 11.6. The molecule has 2 aromatic carbocycles. The lowest BCUT2D eigenvalue weighted by Crippen LogP contribution is -2.17. The van der Waals surface area contributed by atoms with Gasteiger partial charge in [-0.3, -0.25) is 10.1 Å². The van der Waals surface area contributed by atoms with Gasteiger partial charge in [-0.2, -0.15) is 0 Å². The van der Waals surface area contributed by atoms with E-state index in [0.717, 1.165) is 0 Å². The minimum absolute atomic E-state index is 0.248. The summed E-state index contributed by atoms with van der Waals surface area (Å²) in [5, 5.41) is 11.1. The molecule has 0 aliphatic carbocycles. The van der Waals surface area contributed by atoms with Gasteiger partial charge in [0.2, 0.25) is 5.13 Å². The number of amides is 1. The first kappa shape index (κ1) is 17.7. The SMILES string of the molecule is O=C(Nc1nnc(SCc2ccccc2F)s1)c1ccc2c(c1)OCCO2. The van der Waals surface area contributed by atoms with Gasteiger partial charge in [0, 0.05) is 11.3 Å². The van der Waals surface area contributed by atoms with E-state index in [1.165, 1.54) is 29.2 Å². The number of anilines is 1. The smallest absolute Gasteiger partial charge is 0.257 e. The topological polar surface area (TPSA) is 73.3 Å². The minimum Gasteiger partial charge on any atom is -0.486 e. The van der Waals surface area contributed by atoms with Crippen LogP contribution in [0.25, 0.3) is 0 Å². The number of carbonyl (C=O) groups is 1. The molecule has 0 spiro atoms. The maximum Gasteiger partial charge on any atom is 0.257 e. The van der Waals surface area contributed by atoms with Gasteiger partial charge in [-0.1, -0.05) is 41.3 Å². The summed E-state index contributed by atoms with van der Waals surface area (Å²) >= 11 is 2.61. The summed E-state index contributed by atoms with van der Waals surface area (Å²) < 4.78 is 25.2. The summed E-state index contributed by atoms with van der Waals surface area (Å²) in [7, 11) is 0. The highest BCUT2D eigenvalue weighted by molar-refractivity contribution is 8.00. The summed E-state index contributed by atoms with van der Waals surface area (Å²) in [5.74, 6) is 1.06. The molecule has 3 aromatic rings. The Kier molecular flexibility index (Phi) is 5.21. The number of carbonyl (C=O) groups excluding carboxylic acids is 1. The first-order valence-electron chi connectivity index (χ1n) is 8.10. The molecule has 27 heavy (non-hydrogen) atoms. The highest BCUT2D eigenvalue weighted by atomic mass is 32.2. The van der Waals surface area contributed by atoms with Crippen molar-refractivity contribution in [2.75, 3.05) is 18.5 Å². The van der Waals surface area contributed by atoms with Crippen LogP contribution in [0, 0.1) is 5.82 Å². The van der Waals surface area contributed by atoms with Gasteiger partial charge in [0.1, 0.15) is 19.0 Å². The van der Waals surface area contributed by atoms with Crippen molar-refractivity contribution in [3.8, 4) is 11.5 Å². The fourth-order valence-corrected chi connectivity index (χ4v) is 4.16. The van der Waals surface area contributed by atoms with Crippen LogP contribution in [0.1, 0.15) is 15.9 Å². The number of ether oxygens (including phenoxy) is 2. The van der Waals surface area contributed by atoms with Crippen molar-refractivity contribution in [3.05, 3.63) is 59.4 Å². The van der Waals surface area contributed by atoms with Gasteiger partial charge in [0.15, 0.2) is 15.8 Å². The van der Waals surface area contributed by atoms with Crippen LogP contribution >= 0.6 is 23.1 Å². The Morgan fingerprint density at radius 3 is 2.81 bits per heavy atom. The van der Waals surface area contributed by atoms with Crippen molar-refractivity contribution in [2.45, 2.75) is 10.1 Å². The van der Waals surface area contributed by atoms with Gasteiger partial charge < -0.3 is 9.47 Å². The van der Waals surface area contributed by atoms with E-state index in [4.69, 9.17) is 9.47 Å². The zero-order valence-electron chi connectivity index (χ0n) is 14.0. The van der Waals surface area contributed by atoms with Crippen molar-refractivity contribution >= 4 is 34.1 Å². The van der Waals surface area contributed by atoms with E-state index < -0.39 is 0 Å². The second-order valence-corrected chi connectivity index (χ2v) is 7.77. The van der Waals surface area contributed by atoms with Crippen LogP contribution in [0.15, 0.2) is 46.8 Å². The highest BCUT2D eigenvalue weighted by Gasteiger charge is 2.16. The number of nitrogens with zero attached hydrogens (tertiary/aromatic N) is 2. The van der Waals surface area contributed by atoms with Gasteiger partial charge in [0.25, 0.3) is 5.91 Å². The first-order chi connectivity index (χ1) is 13.2. The molecule has 0 saturated heterocycles.